The van der Waals surface area contributed by atoms with E-state index in [0.717, 1.165) is 31.6 Å². The standard InChI is InChI=1S/C23H28N2O3/c1-24-13-6-11-23(17-26)12-14-25(16-21(23)24)22(27)18-7-5-10-20(15-18)28-19-8-3-2-4-9-19/h2-5,7-10,15,21,26H,6,11-14,16-17H2,1H3/t21-,23-/m1/s1. The lowest BCUT2D eigenvalue weighted by molar-refractivity contribution is -0.0601. The number of carbonyl (C=O) groups excluding carboxylic acids is 1. The van der Waals surface area contributed by atoms with Crippen molar-refractivity contribution < 1.29 is 14.6 Å². The third kappa shape index (κ3) is 3.64. The molecule has 2 aliphatic heterocycles. The van der Waals surface area contributed by atoms with Crippen molar-refractivity contribution in [2.45, 2.75) is 25.3 Å². The van der Waals surface area contributed by atoms with Crippen LogP contribution in [-0.4, -0.2) is 60.1 Å². The Balaban J connectivity index is 1.50. The maximum absolute atomic E-state index is 13.2. The summed E-state index contributed by atoms with van der Waals surface area (Å²) in [6.45, 7) is 2.58. The zero-order chi connectivity index (χ0) is 19.6. The van der Waals surface area contributed by atoms with E-state index >= 15 is 0 Å². The molecule has 2 heterocycles. The molecule has 2 aliphatic rings. The Hall–Kier alpha value is -2.37. The summed E-state index contributed by atoms with van der Waals surface area (Å²) in [5.74, 6) is 1.44. The topological polar surface area (TPSA) is 53.0 Å². The fourth-order valence-electron chi connectivity index (χ4n) is 4.70. The number of nitrogens with zero attached hydrogens (tertiary/aromatic N) is 2. The maximum atomic E-state index is 13.2. The van der Waals surface area contributed by atoms with Gasteiger partial charge < -0.3 is 19.6 Å². The van der Waals surface area contributed by atoms with Gasteiger partial charge in [-0.05, 0) is 63.2 Å². The van der Waals surface area contributed by atoms with E-state index in [1.807, 2.05) is 59.5 Å². The van der Waals surface area contributed by atoms with E-state index in [2.05, 4.69) is 11.9 Å². The lowest BCUT2D eigenvalue weighted by atomic mass is 9.69. The number of benzene rings is 2. The first kappa shape index (κ1) is 19.0. The highest BCUT2D eigenvalue weighted by atomic mass is 16.5. The number of amides is 1. The quantitative estimate of drug-likeness (QED) is 0.883. The smallest absolute Gasteiger partial charge is 0.254 e. The summed E-state index contributed by atoms with van der Waals surface area (Å²) >= 11 is 0. The highest BCUT2D eigenvalue weighted by molar-refractivity contribution is 5.94. The van der Waals surface area contributed by atoms with Crippen molar-refractivity contribution in [3.8, 4) is 11.5 Å². The van der Waals surface area contributed by atoms with Gasteiger partial charge in [0.1, 0.15) is 11.5 Å². The molecule has 0 radical (unpaired) electrons. The Morgan fingerprint density at radius 3 is 2.68 bits per heavy atom. The van der Waals surface area contributed by atoms with Crippen LogP contribution < -0.4 is 4.74 Å². The summed E-state index contributed by atoms with van der Waals surface area (Å²) in [6, 6.07) is 17.2. The summed E-state index contributed by atoms with van der Waals surface area (Å²) in [6.07, 6.45) is 3.01. The third-order valence-corrected chi connectivity index (χ3v) is 6.36. The number of aliphatic hydroxyl groups is 1. The Morgan fingerprint density at radius 1 is 1.11 bits per heavy atom. The molecule has 1 amide bonds. The Labute approximate surface area is 166 Å². The van der Waals surface area contributed by atoms with Gasteiger partial charge in [0.05, 0.1) is 6.61 Å². The fraction of sp³-hybridized carbons (Fsp3) is 0.435. The third-order valence-electron chi connectivity index (χ3n) is 6.36. The van der Waals surface area contributed by atoms with E-state index in [4.69, 9.17) is 4.74 Å². The van der Waals surface area contributed by atoms with E-state index in [1.54, 1.807) is 0 Å². The highest BCUT2D eigenvalue weighted by Gasteiger charge is 2.47. The second kappa shape index (κ2) is 7.94. The highest BCUT2D eigenvalue weighted by Crippen LogP contribution is 2.41. The molecule has 1 N–H and O–H groups in total. The molecule has 0 bridgehead atoms. The first-order valence-electron chi connectivity index (χ1n) is 10.0. The molecule has 2 fully saturated rings. The molecule has 2 saturated heterocycles. The first-order valence-corrected chi connectivity index (χ1v) is 10.0. The van der Waals surface area contributed by atoms with Crippen molar-refractivity contribution in [1.82, 2.24) is 9.80 Å². The number of para-hydroxylation sites is 1. The van der Waals surface area contributed by atoms with E-state index in [0.29, 0.717) is 24.4 Å². The second-order valence-corrected chi connectivity index (χ2v) is 8.06. The van der Waals surface area contributed by atoms with Gasteiger partial charge in [-0.3, -0.25) is 4.79 Å². The van der Waals surface area contributed by atoms with Gasteiger partial charge in [-0.15, -0.1) is 0 Å². The minimum Gasteiger partial charge on any atom is -0.457 e. The Bertz CT molecular complexity index is 826. The number of hydrogen-bond donors (Lipinski definition) is 1. The van der Waals surface area contributed by atoms with Gasteiger partial charge in [0.2, 0.25) is 0 Å². The van der Waals surface area contributed by atoms with Crippen LogP contribution in [0.1, 0.15) is 29.6 Å². The number of carbonyl (C=O) groups is 1. The van der Waals surface area contributed by atoms with E-state index in [9.17, 15) is 9.90 Å². The van der Waals surface area contributed by atoms with Crippen LogP contribution in [0.5, 0.6) is 11.5 Å². The Morgan fingerprint density at radius 2 is 1.89 bits per heavy atom. The molecule has 148 valence electrons. The van der Waals surface area contributed by atoms with E-state index < -0.39 is 0 Å². The zero-order valence-corrected chi connectivity index (χ0v) is 16.4. The molecule has 2 aromatic carbocycles. The number of likely N-dealkylation sites (N-methyl/N-ethyl adjacent to an activating group) is 1. The average Bonchev–Trinajstić information content (AvgIpc) is 2.74. The molecule has 0 unspecified atom stereocenters. The number of rotatable bonds is 4. The van der Waals surface area contributed by atoms with Crippen LogP contribution in [0.3, 0.4) is 0 Å². The fourth-order valence-corrected chi connectivity index (χ4v) is 4.70. The number of piperidine rings is 2. The van der Waals surface area contributed by atoms with Gasteiger partial charge in [-0.1, -0.05) is 24.3 Å². The van der Waals surface area contributed by atoms with E-state index in [-0.39, 0.29) is 24.0 Å². The second-order valence-electron chi connectivity index (χ2n) is 8.06. The van der Waals surface area contributed by atoms with Gasteiger partial charge in [0.15, 0.2) is 0 Å². The predicted octanol–water partition coefficient (Wildman–Crippen LogP) is 3.40. The number of likely N-dealkylation sites (tertiary alicyclic amines) is 2. The van der Waals surface area contributed by atoms with Gasteiger partial charge in [-0.2, -0.15) is 0 Å². The van der Waals surface area contributed by atoms with Gasteiger partial charge in [0.25, 0.3) is 5.91 Å². The summed E-state index contributed by atoms with van der Waals surface area (Å²) in [4.78, 5) is 17.4. The van der Waals surface area contributed by atoms with Gasteiger partial charge >= 0.3 is 0 Å². The number of aliphatic hydroxyl groups excluding tert-OH is 1. The van der Waals surface area contributed by atoms with Crippen molar-refractivity contribution in [2.75, 3.05) is 33.3 Å². The molecule has 4 rings (SSSR count). The number of fused-ring (bicyclic) bond motifs is 1. The summed E-state index contributed by atoms with van der Waals surface area (Å²) < 4.78 is 5.88. The van der Waals surface area contributed by atoms with Crippen molar-refractivity contribution in [2.24, 2.45) is 5.41 Å². The van der Waals surface area contributed by atoms with Crippen LogP contribution in [-0.2, 0) is 0 Å². The van der Waals surface area contributed by atoms with Crippen molar-refractivity contribution in [3.63, 3.8) is 0 Å². The lowest BCUT2D eigenvalue weighted by Gasteiger charge is -2.53. The average molecular weight is 380 g/mol. The Kier molecular flexibility index (Phi) is 5.38. The van der Waals surface area contributed by atoms with Gasteiger partial charge in [0, 0.05) is 30.1 Å². The first-order chi connectivity index (χ1) is 13.6. The molecule has 0 saturated carbocycles. The summed E-state index contributed by atoms with van der Waals surface area (Å²) in [7, 11) is 2.11. The molecule has 0 aliphatic carbocycles. The molecular weight excluding hydrogens is 352 g/mol. The normalized spacial score (nSPS) is 25.2. The largest absolute Gasteiger partial charge is 0.457 e. The molecule has 2 atom stereocenters. The van der Waals surface area contributed by atoms with Crippen molar-refractivity contribution in [3.05, 3.63) is 60.2 Å². The van der Waals surface area contributed by atoms with Crippen LogP contribution in [0.25, 0.3) is 0 Å². The van der Waals surface area contributed by atoms with Crippen LogP contribution in [0.15, 0.2) is 54.6 Å². The molecule has 28 heavy (non-hydrogen) atoms. The van der Waals surface area contributed by atoms with Crippen molar-refractivity contribution >= 4 is 5.91 Å². The SMILES string of the molecule is CN1CCC[C@]2(CO)CCN(C(=O)c3cccc(Oc4ccccc4)c3)C[C@@H]12. The molecule has 5 nitrogen and oxygen atoms in total. The van der Waals surface area contributed by atoms with Crippen molar-refractivity contribution in [1.29, 1.82) is 0 Å². The predicted molar refractivity (Wildman–Crippen MR) is 109 cm³/mol. The minimum absolute atomic E-state index is 0.0315. The lowest BCUT2D eigenvalue weighted by Crippen LogP contribution is -2.62. The molecule has 0 spiro atoms. The minimum atomic E-state index is -0.0674. The summed E-state index contributed by atoms with van der Waals surface area (Å²) in [5.41, 5.74) is 0.575. The van der Waals surface area contributed by atoms with Crippen LogP contribution in [0.4, 0.5) is 0 Å². The maximum Gasteiger partial charge on any atom is 0.254 e. The van der Waals surface area contributed by atoms with Crippen LogP contribution >= 0.6 is 0 Å². The molecule has 2 aromatic rings. The molecule has 0 aromatic heterocycles. The van der Waals surface area contributed by atoms with Crippen LogP contribution in [0.2, 0.25) is 0 Å². The van der Waals surface area contributed by atoms with E-state index in [1.165, 1.54) is 0 Å². The monoisotopic (exact) mass is 380 g/mol. The number of hydrogen-bond acceptors (Lipinski definition) is 4. The zero-order valence-electron chi connectivity index (χ0n) is 16.4. The van der Waals surface area contributed by atoms with Crippen LogP contribution in [0, 0.1) is 5.41 Å². The summed E-state index contributed by atoms with van der Waals surface area (Å²) in [5, 5.41) is 10.1. The molecular formula is C23H28N2O3. The number of ether oxygens (including phenoxy) is 1. The molecule has 5 heteroatoms. The van der Waals surface area contributed by atoms with Gasteiger partial charge in [-0.25, -0.2) is 0 Å².